The molecule has 1 amide bonds. The molecule has 28 heavy (non-hydrogen) atoms. The van der Waals surface area contributed by atoms with Crippen LogP contribution in [0.25, 0.3) is 0 Å². The van der Waals surface area contributed by atoms with Gasteiger partial charge in [-0.3, -0.25) is 4.79 Å². The molecule has 1 aromatic heterocycles. The van der Waals surface area contributed by atoms with Crippen molar-refractivity contribution in [2.75, 3.05) is 42.3 Å². The van der Waals surface area contributed by atoms with Gasteiger partial charge in [0.25, 0.3) is 5.91 Å². The summed E-state index contributed by atoms with van der Waals surface area (Å²) < 4.78 is 39.5. The van der Waals surface area contributed by atoms with E-state index in [1.165, 1.54) is 12.3 Å². The number of halogens is 3. The van der Waals surface area contributed by atoms with Gasteiger partial charge in [0, 0.05) is 33.4 Å². The van der Waals surface area contributed by atoms with Crippen LogP contribution in [0.4, 0.5) is 30.4 Å². The molecule has 1 saturated heterocycles. The fourth-order valence-corrected chi connectivity index (χ4v) is 3.20. The summed E-state index contributed by atoms with van der Waals surface area (Å²) in [6, 6.07) is 6.80. The number of aromatic nitrogens is 1. The predicted molar refractivity (Wildman–Crippen MR) is 104 cm³/mol. The number of carbonyl (C=O) groups excluding carboxylic acids is 1. The maximum Gasteiger partial charge on any atom is 0.416 e. The minimum Gasteiger partial charge on any atom is -0.370 e. The van der Waals surface area contributed by atoms with Crippen LogP contribution in [0.5, 0.6) is 0 Å². The molecule has 1 aliphatic rings. The van der Waals surface area contributed by atoms with Gasteiger partial charge in [0.05, 0.1) is 22.5 Å². The number of alkyl halides is 3. The summed E-state index contributed by atoms with van der Waals surface area (Å²) in [5.74, 6) is 0.194. The van der Waals surface area contributed by atoms with Crippen LogP contribution < -0.4 is 15.1 Å². The Kier molecular flexibility index (Phi) is 5.76. The monoisotopic (exact) mass is 392 g/mol. The molecule has 1 N–H and O–H groups in total. The number of hydrogen-bond donors (Lipinski definition) is 1. The largest absolute Gasteiger partial charge is 0.416 e. The van der Waals surface area contributed by atoms with Gasteiger partial charge in [0.15, 0.2) is 0 Å². The average Bonchev–Trinajstić information content (AvgIpc) is 2.68. The zero-order valence-electron chi connectivity index (χ0n) is 15.9. The van der Waals surface area contributed by atoms with E-state index in [0.717, 1.165) is 44.5 Å². The molecule has 3 rings (SSSR count). The first kappa shape index (κ1) is 20.0. The van der Waals surface area contributed by atoms with Crippen LogP contribution >= 0.6 is 0 Å². The van der Waals surface area contributed by atoms with Crippen molar-refractivity contribution >= 4 is 23.1 Å². The number of carbonyl (C=O) groups is 1. The molecule has 8 heteroatoms. The van der Waals surface area contributed by atoms with Crippen LogP contribution in [0.3, 0.4) is 0 Å². The summed E-state index contributed by atoms with van der Waals surface area (Å²) in [7, 11) is 3.66. The summed E-state index contributed by atoms with van der Waals surface area (Å²) >= 11 is 0. The van der Waals surface area contributed by atoms with Gasteiger partial charge >= 0.3 is 6.18 Å². The van der Waals surface area contributed by atoms with E-state index in [2.05, 4.69) is 10.3 Å². The fourth-order valence-electron chi connectivity index (χ4n) is 3.20. The van der Waals surface area contributed by atoms with Crippen molar-refractivity contribution in [1.82, 2.24) is 4.98 Å². The quantitative estimate of drug-likeness (QED) is 0.837. The van der Waals surface area contributed by atoms with E-state index in [1.807, 2.05) is 19.0 Å². The Morgan fingerprint density at radius 3 is 2.39 bits per heavy atom. The molecule has 2 heterocycles. The van der Waals surface area contributed by atoms with E-state index in [1.54, 1.807) is 17.0 Å². The van der Waals surface area contributed by atoms with Crippen LogP contribution in [-0.2, 0) is 6.18 Å². The lowest BCUT2D eigenvalue weighted by molar-refractivity contribution is -0.137. The van der Waals surface area contributed by atoms with Gasteiger partial charge in [0.1, 0.15) is 5.82 Å². The number of benzene rings is 1. The lowest BCUT2D eigenvalue weighted by atomic mass is 10.1. The minimum absolute atomic E-state index is 0.165. The number of hydrogen-bond acceptors (Lipinski definition) is 4. The summed E-state index contributed by atoms with van der Waals surface area (Å²) in [5, 5.41) is 2.65. The van der Waals surface area contributed by atoms with Gasteiger partial charge in [-0.2, -0.15) is 13.2 Å². The lowest BCUT2D eigenvalue weighted by Crippen LogP contribution is -2.30. The van der Waals surface area contributed by atoms with Crippen LogP contribution in [0.15, 0.2) is 36.5 Å². The molecule has 0 bridgehead atoms. The van der Waals surface area contributed by atoms with Crippen molar-refractivity contribution in [2.45, 2.75) is 25.4 Å². The fraction of sp³-hybridized carbons (Fsp3) is 0.400. The number of nitrogens with one attached hydrogen (secondary N) is 1. The highest BCUT2D eigenvalue weighted by molar-refractivity contribution is 6.06. The third kappa shape index (κ3) is 4.55. The first-order valence-corrected chi connectivity index (χ1v) is 9.16. The Balaban J connectivity index is 1.90. The molecule has 1 fully saturated rings. The molecule has 1 aliphatic heterocycles. The Labute approximate surface area is 162 Å². The van der Waals surface area contributed by atoms with Gasteiger partial charge in [-0.05, 0) is 49.6 Å². The van der Waals surface area contributed by atoms with Crippen molar-refractivity contribution in [1.29, 1.82) is 0 Å². The predicted octanol–water partition coefficient (Wildman–Crippen LogP) is 4.41. The van der Waals surface area contributed by atoms with Crippen molar-refractivity contribution in [2.24, 2.45) is 0 Å². The van der Waals surface area contributed by atoms with E-state index in [4.69, 9.17) is 0 Å². The molecule has 0 spiro atoms. The van der Waals surface area contributed by atoms with Crippen LogP contribution in [-0.4, -0.2) is 38.1 Å². The van der Waals surface area contributed by atoms with Crippen molar-refractivity contribution in [3.05, 3.63) is 47.7 Å². The second-order valence-corrected chi connectivity index (χ2v) is 7.03. The Morgan fingerprint density at radius 1 is 1.11 bits per heavy atom. The number of nitrogens with zero attached hydrogens (tertiary/aromatic N) is 3. The molecule has 0 radical (unpaired) electrons. The van der Waals surface area contributed by atoms with Crippen LogP contribution in [0.1, 0.15) is 35.2 Å². The van der Waals surface area contributed by atoms with Gasteiger partial charge in [-0.25, -0.2) is 4.98 Å². The van der Waals surface area contributed by atoms with Gasteiger partial charge in [-0.15, -0.1) is 0 Å². The molecule has 0 atom stereocenters. The molecule has 0 saturated carbocycles. The highest BCUT2D eigenvalue weighted by Gasteiger charge is 2.32. The number of anilines is 3. The summed E-state index contributed by atoms with van der Waals surface area (Å²) in [6.07, 6.45) is -0.00889. The second-order valence-electron chi connectivity index (χ2n) is 7.03. The smallest absolute Gasteiger partial charge is 0.370 e. The highest BCUT2D eigenvalue weighted by atomic mass is 19.4. The van der Waals surface area contributed by atoms with Gasteiger partial charge in [0.2, 0.25) is 0 Å². The number of rotatable bonds is 4. The molecule has 150 valence electrons. The van der Waals surface area contributed by atoms with Crippen LogP contribution in [0.2, 0.25) is 0 Å². The lowest BCUT2D eigenvalue weighted by Gasteiger charge is -2.31. The van der Waals surface area contributed by atoms with E-state index in [9.17, 15) is 18.0 Å². The summed E-state index contributed by atoms with van der Waals surface area (Å²) in [5.41, 5.74) is 0.273. The third-order valence-electron chi connectivity index (χ3n) is 4.74. The normalized spacial score (nSPS) is 14.7. The zero-order valence-corrected chi connectivity index (χ0v) is 15.9. The van der Waals surface area contributed by atoms with Crippen molar-refractivity contribution in [3.8, 4) is 0 Å². The molecule has 5 nitrogen and oxygen atoms in total. The summed E-state index contributed by atoms with van der Waals surface area (Å²) in [4.78, 5) is 20.6. The van der Waals surface area contributed by atoms with E-state index >= 15 is 0 Å². The Morgan fingerprint density at radius 2 is 1.82 bits per heavy atom. The minimum atomic E-state index is -4.48. The van der Waals surface area contributed by atoms with Crippen molar-refractivity contribution < 1.29 is 18.0 Å². The third-order valence-corrected chi connectivity index (χ3v) is 4.74. The first-order valence-electron chi connectivity index (χ1n) is 9.16. The van der Waals surface area contributed by atoms with E-state index in [-0.39, 0.29) is 11.3 Å². The van der Waals surface area contributed by atoms with Gasteiger partial charge < -0.3 is 15.1 Å². The maximum absolute atomic E-state index is 13.2. The summed E-state index contributed by atoms with van der Waals surface area (Å²) in [6.45, 7) is 1.51. The molecular formula is C20H23F3N4O. The maximum atomic E-state index is 13.2. The highest BCUT2D eigenvalue weighted by Crippen LogP contribution is 2.36. The molecule has 0 unspecified atom stereocenters. The topological polar surface area (TPSA) is 48.5 Å². The Hall–Kier alpha value is -2.77. The molecular weight excluding hydrogens is 369 g/mol. The SMILES string of the molecule is CN(C)c1ccc(C(=O)Nc2cc(C(F)(F)F)ccc2N2CCCCC2)cn1. The number of amides is 1. The molecule has 0 aliphatic carbocycles. The zero-order chi connectivity index (χ0) is 20.3. The van der Waals surface area contributed by atoms with Gasteiger partial charge in [-0.1, -0.05) is 0 Å². The van der Waals surface area contributed by atoms with Crippen LogP contribution in [0, 0.1) is 0 Å². The average molecular weight is 392 g/mol. The standard InChI is InChI=1S/C20H23F3N4O/c1-26(2)18-9-6-14(13-24-18)19(28)25-16-12-15(20(21,22)23)7-8-17(16)27-10-4-3-5-11-27/h6-9,12-13H,3-5,10-11H2,1-2H3,(H,25,28). The van der Waals surface area contributed by atoms with Crippen molar-refractivity contribution in [3.63, 3.8) is 0 Å². The molecule has 1 aromatic carbocycles. The number of piperidine rings is 1. The first-order chi connectivity index (χ1) is 13.3. The number of pyridine rings is 1. The Bertz CT molecular complexity index is 828. The van der Waals surface area contributed by atoms with E-state index in [0.29, 0.717) is 11.5 Å². The second kappa shape index (κ2) is 8.08. The molecule has 2 aromatic rings. The van der Waals surface area contributed by atoms with E-state index < -0.39 is 17.6 Å².